The number of aryl methyl sites for hydroxylation is 1. The number of nitrogens with zero attached hydrogens (tertiary/aromatic N) is 3. The first-order valence-corrected chi connectivity index (χ1v) is 9.07. The smallest absolute Gasteiger partial charge is 0.244 e. The maximum absolute atomic E-state index is 12.2. The highest BCUT2D eigenvalue weighted by atomic mass is 35.5. The van der Waals surface area contributed by atoms with E-state index >= 15 is 0 Å². The van der Waals surface area contributed by atoms with Crippen molar-refractivity contribution in [1.82, 2.24) is 20.1 Å². The quantitative estimate of drug-likeness (QED) is 0.652. The molecule has 6 heteroatoms. The lowest BCUT2D eigenvalue weighted by molar-refractivity contribution is -0.117. The van der Waals surface area contributed by atoms with Crippen LogP contribution in [0.25, 0.3) is 6.08 Å². The number of rotatable bonds is 6. The number of carbonyl (C=O) groups is 1. The van der Waals surface area contributed by atoms with E-state index in [0.717, 1.165) is 22.4 Å². The summed E-state index contributed by atoms with van der Waals surface area (Å²) in [6.45, 7) is 4.39. The lowest BCUT2D eigenvalue weighted by Crippen LogP contribution is -2.24. The van der Waals surface area contributed by atoms with Crippen LogP contribution in [0, 0.1) is 6.92 Å². The van der Waals surface area contributed by atoms with Crippen LogP contribution < -0.4 is 5.32 Å². The topological polar surface area (TPSA) is 59.8 Å². The Morgan fingerprint density at radius 3 is 2.63 bits per heavy atom. The summed E-state index contributed by atoms with van der Waals surface area (Å²) >= 11 is 6.48. The largest absolute Gasteiger partial charge is 0.346 e. The van der Waals surface area contributed by atoms with Crippen molar-refractivity contribution in [2.24, 2.45) is 0 Å². The fourth-order valence-electron chi connectivity index (χ4n) is 2.77. The number of nitrogens with one attached hydrogen (secondary N) is 1. The molecule has 0 aliphatic rings. The van der Waals surface area contributed by atoms with Gasteiger partial charge in [-0.3, -0.25) is 9.78 Å². The molecule has 27 heavy (non-hydrogen) atoms. The van der Waals surface area contributed by atoms with E-state index in [4.69, 9.17) is 11.6 Å². The molecule has 1 aromatic carbocycles. The minimum atomic E-state index is -0.189. The second kappa shape index (κ2) is 8.64. The van der Waals surface area contributed by atoms with Crippen LogP contribution in [-0.4, -0.2) is 20.7 Å². The maximum atomic E-state index is 12.2. The molecule has 2 heterocycles. The average Bonchev–Trinajstić information content (AvgIpc) is 2.94. The van der Waals surface area contributed by atoms with E-state index in [-0.39, 0.29) is 11.9 Å². The first kappa shape index (κ1) is 18.9. The summed E-state index contributed by atoms with van der Waals surface area (Å²) < 4.78 is 1.74. The van der Waals surface area contributed by atoms with E-state index in [2.05, 4.69) is 15.4 Å². The van der Waals surface area contributed by atoms with Gasteiger partial charge in [0.15, 0.2) is 0 Å². The third kappa shape index (κ3) is 4.83. The van der Waals surface area contributed by atoms with Crippen molar-refractivity contribution in [2.45, 2.75) is 26.4 Å². The molecule has 2 aromatic heterocycles. The zero-order valence-electron chi connectivity index (χ0n) is 15.3. The summed E-state index contributed by atoms with van der Waals surface area (Å²) in [4.78, 5) is 16.2. The van der Waals surface area contributed by atoms with Crippen LogP contribution in [0.15, 0.2) is 60.9 Å². The monoisotopic (exact) mass is 380 g/mol. The highest BCUT2D eigenvalue weighted by Gasteiger charge is 2.12. The lowest BCUT2D eigenvalue weighted by atomic mass is 10.1. The van der Waals surface area contributed by atoms with E-state index in [0.29, 0.717) is 11.7 Å². The van der Waals surface area contributed by atoms with Gasteiger partial charge in [-0.1, -0.05) is 41.9 Å². The number of amides is 1. The van der Waals surface area contributed by atoms with Gasteiger partial charge in [0, 0.05) is 24.0 Å². The van der Waals surface area contributed by atoms with Gasteiger partial charge < -0.3 is 5.32 Å². The van der Waals surface area contributed by atoms with E-state index in [9.17, 15) is 4.79 Å². The molecule has 3 rings (SSSR count). The third-order valence-corrected chi connectivity index (χ3v) is 4.65. The second-order valence-corrected chi connectivity index (χ2v) is 6.64. The predicted octanol–water partition coefficient (Wildman–Crippen LogP) is 4.18. The van der Waals surface area contributed by atoms with Gasteiger partial charge in [0.05, 0.1) is 18.3 Å². The van der Waals surface area contributed by atoms with Crippen LogP contribution in [0.1, 0.15) is 35.3 Å². The van der Waals surface area contributed by atoms with Crippen LogP contribution in [-0.2, 0) is 11.3 Å². The fourth-order valence-corrected chi connectivity index (χ4v) is 3.07. The van der Waals surface area contributed by atoms with Crippen LogP contribution >= 0.6 is 11.6 Å². The fraction of sp³-hybridized carbons (Fsp3) is 0.190. The Bertz CT molecular complexity index is 936. The van der Waals surface area contributed by atoms with Crippen LogP contribution in [0.5, 0.6) is 0 Å². The number of aromatic nitrogens is 3. The normalized spacial score (nSPS) is 12.3. The highest BCUT2D eigenvalue weighted by molar-refractivity contribution is 6.31. The number of hydrogen-bond acceptors (Lipinski definition) is 3. The van der Waals surface area contributed by atoms with E-state index in [1.54, 1.807) is 23.2 Å². The Balaban J connectivity index is 1.69. The van der Waals surface area contributed by atoms with E-state index < -0.39 is 0 Å². The Labute approximate surface area is 163 Å². The minimum Gasteiger partial charge on any atom is -0.346 e. The van der Waals surface area contributed by atoms with Crippen LogP contribution in [0.3, 0.4) is 0 Å². The standard InChI is InChI=1S/C21H21ClN4O/c1-15(18-10-12-23-13-11-18)24-20(27)9-8-19-16(2)25-26(21(19)22)14-17-6-4-3-5-7-17/h3-13,15H,14H2,1-2H3,(H,24,27)/b9-8+. The Kier molecular flexibility index (Phi) is 6.04. The SMILES string of the molecule is Cc1nn(Cc2ccccc2)c(Cl)c1/C=C/C(=O)NC(C)c1ccncc1. The molecule has 138 valence electrons. The Hall–Kier alpha value is -2.92. The van der Waals surface area contributed by atoms with Crippen molar-refractivity contribution < 1.29 is 4.79 Å². The van der Waals surface area contributed by atoms with E-state index in [1.165, 1.54) is 6.08 Å². The molecule has 0 radical (unpaired) electrons. The lowest BCUT2D eigenvalue weighted by Gasteiger charge is -2.12. The molecule has 0 aliphatic heterocycles. The molecule has 0 aliphatic carbocycles. The maximum Gasteiger partial charge on any atom is 0.244 e. The summed E-state index contributed by atoms with van der Waals surface area (Å²) in [5.41, 5.74) is 3.64. The zero-order valence-corrected chi connectivity index (χ0v) is 16.0. The van der Waals surface area contributed by atoms with Crippen molar-refractivity contribution in [3.05, 3.63) is 88.5 Å². The molecular formula is C21H21ClN4O. The average molecular weight is 381 g/mol. The van der Waals surface area contributed by atoms with Gasteiger partial charge in [-0.05, 0) is 43.2 Å². The van der Waals surface area contributed by atoms with Crippen molar-refractivity contribution in [1.29, 1.82) is 0 Å². The molecule has 1 unspecified atom stereocenters. The number of pyridine rings is 1. The van der Waals surface area contributed by atoms with Crippen LogP contribution in [0.2, 0.25) is 5.15 Å². The number of hydrogen-bond donors (Lipinski definition) is 1. The highest BCUT2D eigenvalue weighted by Crippen LogP contribution is 2.22. The molecule has 0 saturated heterocycles. The van der Waals surface area contributed by atoms with Crippen molar-refractivity contribution in [3.8, 4) is 0 Å². The molecule has 0 fully saturated rings. The Morgan fingerprint density at radius 2 is 1.93 bits per heavy atom. The summed E-state index contributed by atoms with van der Waals surface area (Å²) in [7, 11) is 0. The molecule has 3 aromatic rings. The van der Waals surface area contributed by atoms with Crippen LogP contribution in [0.4, 0.5) is 0 Å². The van der Waals surface area contributed by atoms with Gasteiger partial charge in [0.1, 0.15) is 5.15 Å². The minimum absolute atomic E-state index is 0.109. The van der Waals surface area contributed by atoms with Gasteiger partial charge >= 0.3 is 0 Å². The molecule has 1 atom stereocenters. The molecule has 1 amide bonds. The molecule has 0 saturated carbocycles. The summed E-state index contributed by atoms with van der Waals surface area (Å²) in [6, 6.07) is 13.6. The van der Waals surface area contributed by atoms with E-state index in [1.807, 2.05) is 56.3 Å². The van der Waals surface area contributed by atoms with Gasteiger partial charge in [-0.2, -0.15) is 5.10 Å². The van der Waals surface area contributed by atoms with Gasteiger partial charge in [0.25, 0.3) is 0 Å². The summed E-state index contributed by atoms with van der Waals surface area (Å²) in [6.07, 6.45) is 6.61. The van der Waals surface area contributed by atoms with Gasteiger partial charge in [-0.25, -0.2) is 4.68 Å². The molecule has 1 N–H and O–H groups in total. The Morgan fingerprint density at radius 1 is 1.22 bits per heavy atom. The van der Waals surface area contributed by atoms with Gasteiger partial charge in [-0.15, -0.1) is 0 Å². The molecular weight excluding hydrogens is 360 g/mol. The number of halogens is 1. The number of carbonyl (C=O) groups excluding carboxylic acids is 1. The predicted molar refractivity (Wildman–Crippen MR) is 107 cm³/mol. The first-order chi connectivity index (χ1) is 13.0. The van der Waals surface area contributed by atoms with Gasteiger partial charge in [0.2, 0.25) is 5.91 Å². The molecule has 5 nitrogen and oxygen atoms in total. The summed E-state index contributed by atoms with van der Waals surface area (Å²) in [5, 5.41) is 7.93. The summed E-state index contributed by atoms with van der Waals surface area (Å²) in [5.74, 6) is -0.189. The molecule has 0 bridgehead atoms. The third-order valence-electron chi connectivity index (χ3n) is 4.25. The number of benzene rings is 1. The van der Waals surface area contributed by atoms with Crippen molar-refractivity contribution in [2.75, 3.05) is 0 Å². The van der Waals surface area contributed by atoms with Crippen molar-refractivity contribution in [3.63, 3.8) is 0 Å². The van der Waals surface area contributed by atoms with Crippen molar-refractivity contribution >= 4 is 23.6 Å². The zero-order chi connectivity index (χ0) is 19.2. The second-order valence-electron chi connectivity index (χ2n) is 6.28. The molecule has 0 spiro atoms. The first-order valence-electron chi connectivity index (χ1n) is 8.70.